The largest absolute Gasteiger partial charge is 0.317 e. The topological polar surface area (TPSA) is 58.0 Å². The molecule has 0 bridgehead atoms. The number of piperidine rings is 1. The van der Waals surface area contributed by atoms with Crippen LogP contribution in [-0.2, 0) is 0 Å². The van der Waals surface area contributed by atoms with Crippen LogP contribution in [0.25, 0.3) is 27.7 Å². The molecule has 5 nitrogen and oxygen atoms in total. The Balaban J connectivity index is 1.60. The Kier molecular flexibility index (Phi) is 3.53. The van der Waals surface area contributed by atoms with Gasteiger partial charge in [0.1, 0.15) is 0 Å². The minimum Gasteiger partial charge on any atom is -0.317 e. The molecule has 0 spiro atoms. The van der Waals surface area contributed by atoms with Gasteiger partial charge in [0.2, 0.25) is 0 Å². The zero-order valence-corrected chi connectivity index (χ0v) is 14.6. The molecule has 5 rings (SSSR count). The molecule has 2 N–H and O–H groups in total. The number of hydrogen-bond donors (Lipinski definition) is 2. The molecule has 26 heavy (non-hydrogen) atoms. The molecular weight excluding hydrogens is 329 g/mol. The first-order valence-electron chi connectivity index (χ1n) is 9.03. The molecule has 132 valence electrons. The average Bonchev–Trinajstić information content (AvgIpc) is 3.26. The van der Waals surface area contributed by atoms with E-state index in [-0.39, 0.29) is 5.82 Å². The second-order valence-electron chi connectivity index (χ2n) is 7.07. The van der Waals surface area contributed by atoms with Crippen molar-refractivity contribution in [1.29, 1.82) is 0 Å². The van der Waals surface area contributed by atoms with Crippen molar-refractivity contribution in [2.75, 3.05) is 13.1 Å². The van der Waals surface area contributed by atoms with Crippen molar-refractivity contribution in [3.05, 3.63) is 53.9 Å². The Labute approximate surface area is 150 Å². The molecule has 0 saturated carbocycles. The third-order valence-corrected chi connectivity index (χ3v) is 5.37. The molecule has 4 heterocycles. The third kappa shape index (κ3) is 2.49. The van der Waals surface area contributed by atoms with Crippen molar-refractivity contribution in [2.45, 2.75) is 25.7 Å². The van der Waals surface area contributed by atoms with Gasteiger partial charge in [-0.25, -0.2) is 9.37 Å². The van der Waals surface area contributed by atoms with Gasteiger partial charge in [-0.2, -0.15) is 5.10 Å². The summed E-state index contributed by atoms with van der Waals surface area (Å²) in [6.45, 7) is 3.96. The standard InChI is InChI=1S/C20H20FN5/c1-12-16-8-14(2-3-18(16)25-24-12)15-9-17(21)20-23-19(11-26(20)10-15)13-4-6-22-7-5-13/h2-3,8-11,13,22H,4-7H2,1H3,(H,24,25). The van der Waals surface area contributed by atoms with Gasteiger partial charge in [-0.15, -0.1) is 0 Å². The van der Waals surface area contributed by atoms with E-state index < -0.39 is 0 Å². The number of hydrogen-bond acceptors (Lipinski definition) is 3. The van der Waals surface area contributed by atoms with Crippen molar-refractivity contribution in [3.8, 4) is 11.1 Å². The summed E-state index contributed by atoms with van der Waals surface area (Å²) in [6.07, 6.45) is 6.05. The second-order valence-corrected chi connectivity index (χ2v) is 7.07. The molecule has 0 aliphatic carbocycles. The summed E-state index contributed by atoms with van der Waals surface area (Å²) in [5, 5.41) is 11.7. The van der Waals surface area contributed by atoms with Crippen LogP contribution in [0, 0.1) is 12.7 Å². The lowest BCUT2D eigenvalue weighted by Crippen LogP contribution is -2.26. The Morgan fingerprint density at radius 1 is 1.12 bits per heavy atom. The van der Waals surface area contributed by atoms with Crippen molar-refractivity contribution >= 4 is 16.6 Å². The van der Waals surface area contributed by atoms with Crippen LogP contribution in [0.3, 0.4) is 0 Å². The number of H-pyrrole nitrogens is 1. The van der Waals surface area contributed by atoms with E-state index >= 15 is 0 Å². The quantitative estimate of drug-likeness (QED) is 0.579. The number of fused-ring (bicyclic) bond motifs is 2. The number of benzene rings is 1. The fourth-order valence-electron chi connectivity index (χ4n) is 3.87. The minimum atomic E-state index is -0.285. The van der Waals surface area contributed by atoms with Gasteiger partial charge >= 0.3 is 0 Å². The van der Waals surface area contributed by atoms with Gasteiger partial charge in [0.05, 0.1) is 16.9 Å². The van der Waals surface area contributed by atoms with E-state index in [2.05, 4.69) is 26.6 Å². The minimum absolute atomic E-state index is 0.285. The number of aromatic amines is 1. The van der Waals surface area contributed by atoms with E-state index in [0.717, 1.165) is 59.3 Å². The number of nitrogens with zero attached hydrogens (tertiary/aromatic N) is 3. The number of halogens is 1. The highest BCUT2D eigenvalue weighted by Gasteiger charge is 2.19. The highest BCUT2D eigenvalue weighted by Crippen LogP contribution is 2.29. The molecule has 0 atom stereocenters. The summed E-state index contributed by atoms with van der Waals surface area (Å²) in [7, 11) is 0. The lowest BCUT2D eigenvalue weighted by molar-refractivity contribution is 0.454. The van der Waals surface area contributed by atoms with Gasteiger partial charge in [-0.1, -0.05) is 6.07 Å². The summed E-state index contributed by atoms with van der Waals surface area (Å²) >= 11 is 0. The lowest BCUT2D eigenvalue weighted by atomic mass is 9.95. The lowest BCUT2D eigenvalue weighted by Gasteiger charge is -2.20. The van der Waals surface area contributed by atoms with E-state index in [1.807, 2.05) is 35.9 Å². The van der Waals surface area contributed by atoms with Crippen molar-refractivity contribution < 1.29 is 4.39 Å². The maximum absolute atomic E-state index is 14.7. The molecule has 1 aliphatic rings. The first-order valence-corrected chi connectivity index (χ1v) is 9.03. The third-order valence-electron chi connectivity index (χ3n) is 5.37. The first kappa shape index (κ1) is 15.5. The van der Waals surface area contributed by atoms with Crippen LogP contribution in [0.4, 0.5) is 4.39 Å². The number of pyridine rings is 1. The predicted octanol–water partition coefficient (Wildman–Crippen LogP) is 3.79. The van der Waals surface area contributed by atoms with Crippen molar-refractivity contribution in [1.82, 2.24) is 24.9 Å². The molecule has 1 aliphatic heterocycles. The SMILES string of the molecule is Cc1n[nH]c2ccc(-c3cc(F)c4nc(C5CCNCC5)cn4c3)cc12. The Hall–Kier alpha value is -2.73. The van der Waals surface area contributed by atoms with Gasteiger partial charge < -0.3 is 9.72 Å². The van der Waals surface area contributed by atoms with Crippen molar-refractivity contribution in [2.24, 2.45) is 0 Å². The molecule has 3 aromatic heterocycles. The van der Waals surface area contributed by atoms with Crippen molar-refractivity contribution in [3.63, 3.8) is 0 Å². The van der Waals surface area contributed by atoms with E-state index in [9.17, 15) is 4.39 Å². The number of aromatic nitrogens is 4. The summed E-state index contributed by atoms with van der Waals surface area (Å²) in [5.74, 6) is 0.121. The molecule has 6 heteroatoms. The zero-order chi connectivity index (χ0) is 17.7. The van der Waals surface area contributed by atoms with Gasteiger partial charge in [0, 0.05) is 29.3 Å². The van der Waals surface area contributed by atoms with Crippen LogP contribution in [0.2, 0.25) is 0 Å². The number of imidazole rings is 1. The van der Waals surface area contributed by atoms with E-state index in [1.165, 1.54) is 0 Å². The molecular formula is C20H20FN5. The number of aryl methyl sites for hydroxylation is 1. The normalized spacial score (nSPS) is 15.9. The molecule has 0 unspecified atom stereocenters. The van der Waals surface area contributed by atoms with Gasteiger partial charge in [0.25, 0.3) is 0 Å². The maximum Gasteiger partial charge on any atom is 0.173 e. The summed E-state index contributed by atoms with van der Waals surface area (Å²) in [5.41, 5.74) is 5.14. The molecule has 1 fully saturated rings. The van der Waals surface area contributed by atoms with Crippen LogP contribution >= 0.6 is 0 Å². The number of nitrogens with one attached hydrogen (secondary N) is 2. The average molecular weight is 349 g/mol. The zero-order valence-electron chi connectivity index (χ0n) is 14.6. The van der Waals surface area contributed by atoms with Crippen LogP contribution in [-0.4, -0.2) is 32.7 Å². The Morgan fingerprint density at radius 2 is 1.96 bits per heavy atom. The smallest absolute Gasteiger partial charge is 0.173 e. The molecule has 0 radical (unpaired) electrons. The van der Waals surface area contributed by atoms with Gasteiger partial charge in [0.15, 0.2) is 11.5 Å². The maximum atomic E-state index is 14.7. The second kappa shape index (κ2) is 5.92. The van der Waals surface area contributed by atoms with Crippen LogP contribution in [0.15, 0.2) is 36.7 Å². The fourth-order valence-corrected chi connectivity index (χ4v) is 3.87. The molecule has 1 aromatic carbocycles. The highest BCUT2D eigenvalue weighted by atomic mass is 19.1. The molecule has 4 aromatic rings. The summed E-state index contributed by atoms with van der Waals surface area (Å²) in [4.78, 5) is 4.57. The first-order chi connectivity index (χ1) is 12.7. The van der Waals surface area contributed by atoms with E-state index in [0.29, 0.717) is 11.6 Å². The fraction of sp³-hybridized carbons (Fsp3) is 0.300. The summed E-state index contributed by atoms with van der Waals surface area (Å²) < 4.78 is 16.6. The predicted molar refractivity (Wildman–Crippen MR) is 99.8 cm³/mol. The van der Waals surface area contributed by atoms with Crippen LogP contribution < -0.4 is 5.32 Å². The van der Waals surface area contributed by atoms with Crippen LogP contribution in [0.5, 0.6) is 0 Å². The Morgan fingerprint density at radius 3 is 2.81 bits per heavy atom. The van der Waals surface area contributed by atoms with Gasteiger partial charge in [-0.3, -0.25) is 5.10 Å². The van der Waals surface area contributed by atoms with E-state index in [1.54, 1.807) is 6.07 Å². The number of rotatable bonds is 2. The molecule has 1 saturated heterocycles. The van der Waals surface area contributed by atoms with Gasteiger partial charge in [-0.05, 0) is 56.6 Å². The molecule has 0 amide bonds. The summed E-state index contributed by atoms with van der Waals surface area (Å²) in [6, 6.07) is 7.61. The highest BCUT2D eigenvalue weighted by molar-refractivity contribution is 5.86. The van der Waals surface area contributed by atoms with E-state index in [4.69, 9.17) is 0 Å². The van der Waals surface area contributed by atoms with Crippen LogP contribution in [0.1, 0.15) is 30.1 Å². The Bertz CT molecular complexity index is 1100. The monoisotopic (exact) mass is 349 g/mol.